The third-order valence-electron chi connectivity index (χ3n) is 5.15. The van der Waals surface area contributed by atoms with Crippen molar-refractivity contribution in [2.45, 2.75) is 25.6 Å². The Hall–Kier alpha value is -2.58. The van der Waals surface area contributed by atoms with Gasteiger partial charge in [0.2, 0.25) is 0 Å². The Morgan fingerprint density at radius 1 is 1.21 bits per heavy atom. The van der Waals surface area contributed by atoms with Gasteiger partial charge in [-0.15, -0.1) is 13.0 Å². The number of terminal acetylenes is 1. The molecule has 2 aromatic rings. The molecule has 1 heterocycles. The quantitative estimate of drug-likeness (QED) is 0.500. The van der Waals surface area contributed by atoms with Crippen molar-refractivity contribution in [3.05, 3.63) is 77.9 Å². The van der Waals surface area contributed by atoms with Crippen molar-refractivity contribution in [1.82, 2.24) is 9.80 Å². The van der Waals surface area contributed by atoms with Gasteiger partial charge in [0.05, 0.1) is 6.54 Å². The third kappa shape index (κ3) is 6.47. The number of hydrogen-bond acceptors (Lipinski definition) is 4. The highest BCUT2D eigenvalue weighted by atomic mass is 16.5. The van der Waals surface area contributed by atoms with Gasteiger partial charge in [0.15, 0.2) is 0 Å². The first-order valence-electron chi connectivity index (χ1n) is 10.1. The first-order valence-corrected chi connectivity index (χ1v) is 10.1. The fourth-order valence-corrected chi connectivity index (χ4v) is 3.70. The lowest BCUT2D eigenvalue weighted by Crippen LogP contribution is -2.38. The number of benzene rings is 2. The number of β-amino-alcohol motifs (C(OH)–C–C–N with tert-alkyl or cyclic N) is 1. The second-order valence-electron chi connectivity index (χ2n) is 7.53. The average Bonchev–Trinajstić information content (AvgIpc) is 2.73. The fourth-order valence-electron chi connectivity index (χ4n) is 3.70. The number of nitrogens with zero attached hydrogens (tertiary/aromatic N) is 2. The zero-order valence-corrected chi connectivity index (χ0v) is 17.0. The summed E-state index contributed by atoms with van der Waals surface area (Å²) in [6.45, 7) is 8.67. The van der Waals surface area contributed by atoms with E-state index in [0.717, 1.165) is 38.3 Å². The Bertz CT molecular complexity index is 825. The monoisotopic (exact) mass is 390 g/mol. The van der Waals surface area contributed by atoms with Crippen LogP contribution in [0.1, 0.15) is 16.7 Å². The third-order valence-corrected chi connectivity index (χ3v) is 5.15. The van der Waals surface area contributed by atoms with Gasteiger partial charge >= 0.3 is 0 Å². The number of rotatable bonds is 10. The van der Waals surface area contributed by atoms with Crippen molar-refractivity contribution in [1.29, 1.82) is 0 Å². The fraction of sp³-hybridized carbons (Fsp3) is 0.360. The average molecular weight is 391 g/mol. The zero-order valence-electron chi connectivity index (χ0n) is 17.0. The zero-order chi connectivity index (χ0) is 20.5. The number of hydrogen-bond donors (Lipinski definition) is 1. The van der Waals surface area contributed by atoms with E-state index in [9.17, 15) is 5.11 Å². The molecule has 1 N–H and O–H groups in total. The van der Waals surface area contributed by atoms with Gasteiger partial charge in [0.1, 0.15) is 18.5 Å². The molecular formula is C25H30N2O2. The van der Waals surface area contributed by atoms with Gasteiger partial charge in [-0.2, -0.15) is 0 Å². The molecule has 0 amide bonds. The predicted octanol–water partition coefficient (Wildman–Crippen LogP) is 3.11. The molecular weight excluding hydrogens is 360 g/mol. The number of aliphatic hydroxyl groups is 1. The molecule has 0 aromatic heterocycles. The molecule has 2 aromatic carbocycles. The highest BCUT2D eigenvalue weighted by Crippen LogP contribution is 2.19. The second-order valence-corrected chi connectivity index (χ2v) is 7.53. The Balaban J connectivity index is 1.44. The summed E-state index contributed by atoms with van der Waals surface area (Å²) in [7, 11) is 0. The van der Waals surface area contributed by atoms with E-state index >= 15 is 0 Å². The van der Waals surface area contributed by atoms with E-state index in [1.807, 2.05) is 30.3 Å². The summed E-state index contributed by atoms with van der Waals surface area (Å²) in [5.41, 5.74) is 3.95. The lowest BCUT2D eigenvalue weighted by atomic mass is 10.00. The van der Waals surface area contributed by atoms with Gasteiger partial charge in [0, 0.05) is 32.7 Å². The van der Waals surface area contributed by atoms with E-state index in [4.69, 9.17) is 11.2 Å². The summed E-state index contributed by atoms with van der Waals surface area (Å²) in [5.74, 6) is 3.45. The smallest absolute Gasteiger partial charge is 0.119 e. The minimum Gasteiger partial charge on any atom is -0.491 e. The van der Waals surface area contributed by atoms with Gasteiger partial charge < -0.3 is 9.84 Å². The van der Waals surface area contributed by atoms with Crippen LogP contribution in [0.15, 0.2) is 61.2 Å². The molecule has 152 valence electrons. The van der Waals surface area contributed by atoms with Crippen molar-refractivity contribution >= 4 is 0 Å². The van der Waals surface area contributed by atoms with Crippen molar-refractivity contribution in [2.75, 3.05) is 32.8 Å². The molecule has 0 spiro atoms. The molecule has 0 fully saturated rings. The molecule has 29 heavy (non-hydrogen) atoms. The Labute approximate surface area is 174 Å². The van der Waals surface area contributed by atoms with E-state index in [-0.39, 0.29) is 6.61 Å². The second kappa shape index (κ2) is 10.8. The molecule has 4 heteroatoms. The van der Waals surface area contributed by atoms with Gasteiger partial charge in [-0.1, -0.05) is 48.4 Å². The number of ether oxygens (including phenoxy) is 1. The van der Waals surface area contributed by atoms with Crippen LogP contribution in [0, 0.1) is 12.3 Å². The van der Waals surface area contributed by atoms with Gasteiger partial charge in [-0.05, 0) is 35.2 Å². The number of aliphatic hydroxyl groups excluding tert-OH is 1. The molecule has 1 atom stereocenters. The van der Waals surface area contributed by atoms with Crippen molar-refractivity contribution in [3.63, 3.8) is 0 Å². The predicted molar refractivity (Wildman–Crippen MR) is 118 cm³/mol. The summed E-state index contributed by atoms with van der Waals surface area (Å²) in [6.07, 6.45) is 7.80. The first-order chi connectivity index (χ1) is 14.2. The summed E-state index contributed by atoms with van der Waals surface area (Å²) in [4.78, 5) is 4.43. The van der Waals surface area contributed by atoms with Crippen LogP contribution >= 0.6 is 0 Å². The lowest BCUT2D eigenvalue weighted by molar-refractivity contribution is 0.0638. The molecule has 4 nitrogen and oxygen atoms in total. The van der Waals surface area contributed by atoms with Crippen LogP contribution in [0.2, 0.25) is 0 Å². The highest BCUT2D eigenvalue weighted by Gasteiger charge is 2.18. The number of fused-ring (bicyclic) bond motifs is 1. The van der Waals surface area contributed by atoms with E-state index in [1.54, 1.807) is 0 Å². The van der Waals surface area contributed by atoms with Crippen LogP contribution in [0.4, 0.5) is 0 Å². The molecule has 0 radical (unpaired) electrons. The van der Waals surface area contributed by atoms with Crippen molar-refractivity contribution in [3.8, 4) is 18.1 Å². The van der Waals surface area contributed by atoms with Crippen LogP contribution in [-0.2, 0) is 19.5 Å². The SMILES string of the molecule is C#CCN(CC=C)Cc1ccc(OC[C@@H](O)CN2CCc3ccccc3C2)cc1. The molecule has 1 aliphatic rings. The molecule has 0 aliphatic carbocycles. The van der Waals surface area contributed by atoms with E-state index in [2.05, 4.69) is 46.6 Å². The van der Waals surface area contributed by atoms with E-state index in [0.29, 0.717) is 13.1 Å². The largest absolute Gasteiger partial charge is 0.491 e. The minimum atomic E-state index is -0.515. The topological polar surface area (TPSA) is 35.9 Å². The maximum atomic E-state index is 10.4. The van der Waals surface area contributed by atoms with Crippen molar-refractivity contribution < 1.29 is 9.84 Å². The standard InChI is InChI=1S/C25H30N2O2/c1-3-14-26(15-4-2)17-21-9-11-25(12-10-21)29-20-24(28)19-27-16-13-22-7-5-6-8-23(22)18-27/h1,4-12,24,28H,2,13-20H2/t24-/m0/s1. The van der Waals surface area contributed by atoms with E-state index in [1.165, 1.54) is 16.7 Å². The maximum Gasteiger partial charge on any atom is 0.119 e. The van der Waals surface area contributed by atoms with Crippen molar-refractivity contribution in [2.24, 2.45) is 0 Å². The summed E-state index contributed by atoms with van der Waals surface area (Å²) < 4.78 is 5.79. The lowest BCUT2D eigenvalue weighted by Gasteiger charge is -2.30. The van der Waals surface area contributed by atoms with Gasteiger partial charge in [0.25, 0.3) is 0 Å². The Kier molecular flexibility index (Phi) is 7.89. The molecule has 0 bridgehead atoms. The van der Waals surface area contributed by atoms with Crippen LogP contribution in [-0.4, -0.2) is 53.8 Å². The molecule has 0 unspecified atom stereocenters. The Morgan fingerprint density at radius 3 is 2.69 bits per heavy atom. The van der Waals surface area contributed by atoms with Crippen LogP contribution in [0.5, 0.6) is 5.75 Å². The van der Waals surface area contributed by atoms with Crippen LogP contribution in [0.3, 0.4) is 0 Å². The molecule has 1 aliphatic heterocycles. The summed E-state index contributed by atoms with van der Waals surface area (Å²) >= 11 is 0. The maximum absolute atomic E-state index is 10.4. The molecule has 0 saturated carbocycles. The molecule has 3 rings (SSSR count). The van der Waals surface area contributed by atoms with Crippen LogP contribution in [0.25, 0.3) is 0 Å². The van der Waals surface area contributed by atoms with Crippen LogP contribution < -0.4 is 4.74 Å². The summed E-state index contributed by atoms with van der Waals surface area (Å²) in [6, 6.07) is 16.5. The minimum absolute atomic E-state index is 0.289. The van der Waals surface area contributed by atoms with E-state index < -0.39 is 6.10 Å². The normalized spacial score (nSPS) is 14.8. The highest BCUT2D eigenvalue weighted by molar-refractivity contribution is 5.29. The first kappa shape index (κ1) is 21.1. The van der Waals surface area contributed by atoms with Gasteiger partial charge in [-0.25, -0.2) is 0 Å². The molecule has 0 saturated heterocycles. The van der Waals surface area contributed by atoms with Gasteiger partial charge in [-0.3, -0.25) is 9.80 Å². The Morgan fingerprint density at radius 2 is 1.97 bits per heavy atom. The summed E-state index contributed by atoms with van der Waals surface area (Å²) in [5, 5.41) is 10.4.